The average Bonchev–Trinajstić information content (AvgIpc) is 3.20. The molecule has 3 aromatic rings. The standard InChI is InChI=1S/C21H20Cl3N5O2/c22-13-2-1-12(15(23)8-13)7-14-9-28(20(30)29(14)11-21(31)5-6-21)10-18-25-16-3-4-17(24)26-19(16)27-18/h1-4,8,14,31H,5-7,9-11H2,(H,25,26,27). The molecule has 1 saturated heterocycles. The Bertz CT molecular complexity index is 1160. The molecule has 2 fully saturated rings. The molecule has 162 valence electrons. The normalized spacial score (nSPS) is 20.1. The molecule has 1 saturated carbocycles. The Hall–Kier alpha value is -2.06. The van der Waals surface area contributed by atoms with Gasteiger partial charge in [0.2, 0.25) is 0 Å². The van der Waals surface area contributed by atoms with Crippen molar-refractivity contribution in [1.82, 2.24) is 24.8 Å². The summed E-state index contributed by atoms with van der Waals surface area (Å²) in [6, 6.07) is 8.65. The van der Waals surface area contributed by atoms with Crippen LogP contribution in [0.1, 0.15) is 24.2 Å². The lowest BCUT2D eigenvalue weighted by molar-refractivity contribution is 0.0959. The fourth-order valence-corrected chi connectivity index (χ4v) is 4.64. The lowest BCUT2D eigenvalue weighted by Crippen LogP contribution is -2.42. The average molecular weight is 481 g/mol. The van der Waals surface area contributed by atoms with Gasteiger partial charge in [0.05, 0.1) is 30.2 Å². The van der Waals surface area contributed by atoms with Gasteiger partial charge < -0.3 is 19.9 Å². The van der Waals surface area contributed by atoms with Crippen molar-refractivity contribution in [2.75, 3.05) is 13.1 Å². The minimum absolute atomic E-state index is 0.118. The van der Waals surface area contributed by atoms with Gasteiger partial charge in [-0.1, -0.05) is 40.9 Å². The second-order valence-electron chi connectivity index (χ2n) is 8.30. The predicted molar refractivity (Wildman–Crippen MR) is 120 cm³/mol. The molecule has 2 aliphatic rings. The highest BCUT2D eigenvalue weighted by Gasteiger charge is 2.47. The number of hydrogen-bond donors (Lipinski definition) is 2. The molecule has 7 nitrogen and oxygen atoms in total. The Labute approximate surface area is 193 Å². The maximum Gasteiger partial charge on any atom is 0.320 e. The van der Waals surface area contributed by atoms with Gasteiger partial charge >= 0.3 is 6.03 Å². The van der Waals surface area contributed by atoms with Crippen molar-refractivity contribution < 1.29 is 9.90 Å². The lowest BCUT2D eigenvalue weighted by atomic mass is 10.0. The molecule has 31 heavy (non-hydrogen) atoms. The molecule has 0 radical (unpaired) electrons. The van der Waals surface area contributed by atoms with Crippen LogP contribution >= 0.6 is 34.8 Å². The van der Waals surface area contributed by atoms with Crippen LogP contribution in [0, 0.1) is 0 Å². The van der Waals surface area contributed by atoms with Crippen molar-refractivity contribution in [1.29, 1.82) is 0 Å². The van der Waals surface area contributed by atoms with E-state index < -0.39 is 5.60 Å². The zero-order valence-electron chi connectivity index (χ0n) is 16.5. The zero-order chi connectivity index (χ0) is 21.8. The van der Waals surface area contributed by atoms with Gasteiger partial charge in [-0.2, -0.15) is 0 Å². The molecule has 10 heteroatoms. The first-order valence-corrected chi connectivity index (χ1v) is 11.2. The highest BCUT2D eigenvalue weighted by molar-refractivity contribution is 6.35. The number of hydrogen-bond acceptors (Lipinski definition) is 4. The van der Waals surface area contributed by atoms with Crippen LogP contribution in [0.2, 0.25) is 15.2 Å². The summed E-state index contributed by atoms with van der Waals surface area (Å²) in [7, 11) is 0. The van der Waals surface area contributed by atoms with Crippen molar-refractivity contribution in [2.24, 2.45) is 0 Å². The quantitative estimate of drug-likeness (QED) is 0.515. The number of carbonyl (C=O) groups is 1. The minimum Gasteiger partial charge on any atom is -0.388 e. The molecule has 2 amide bonds. The third-order valence-corrected chi connectivity index (χ3v) is 6.65. The number of pyridine rings is 1. The van der Waals surface area contributed by atoms with Crippen LogP contribution in [0.3, 0.4) is 0 Å². The number of aliphatic hydroxyl groups is 1. The van der Waals surface area contributed by atoms with Gasteiger partial charge in [0, 0.05) is 16.6 Å². The van der Waals surface area contributed by atoms with Gasteiger partial charge in [-0.25, -0.2) is 14.8 Å². The van der Waals surface area contributed by atoms with Gasteiger partial charge in [-0.05, 0) is 49.1 Å². The van der Waals surface area contributed by atoms with Crippen molar-refractivity contribution >= 4 is 52.0 Å². The van der Waals surface area contributed by atoms with E-state index in [2.05, 4.69) is 15.0 Å². The van der Waals surface area contributed by atoms with E-state index in [4.69, 9.17) is 34.8 Å². The van der Waals surface area contributed by atoms with Gasteiger partial charge in [0.1, 0.15) is 11.0 Å². The number of rotatable bonds is 6. The first-order valence-electron chi connectivity index (χ1n) is 10.0. The molecule has 1 aliphatic carbocycles. The van der Waals surface area contributed by atoms with E-state index in [0.29, 0.717) is 65.6 Å². The number of benzene rings is 1. The number of β-amino-alcohol motifs (C(OH)–C–C–N with tert-alkyl or cyclic N) is 1. The molecule has 3 heterocycles. The third-order valence-electron chi connectivity index (χ3n) is 5.85. The van der Waals surface area contributed by atoms with E-state index >= 15 is 0 Å². The van der Waals surface area contributed by atoms with Gasteiger partial charge in [-0.3, -0.25) is 0 Å². The van der Waals surface area contributed by atoms with Crippen LogP contribution in [-0.4, -0.2) is 60.6 Å². The Kier molecular flexibility index (Phi) is 5.25. The summed E-state index contributed by atoms with van der Waals surface area (Å²) in [6.45, 7) is 1.13. The Morgan fingerprint density at radius 2 is 1.97 bits per heavy atom. The minimum atomic E-state index is -0.784. The number of urea groups is 1. The van der Waals surface area contributed by atoms with Crippen molar-refractivity contribution in [2.45, 2.75) is 37.5 Å². The number of nitrogens with one attached hydrogen (secondary N) is 1. The molecular weight excluding hydrogens is 461 g/mol. The van der Waals surface area contributed by atoms with Gasteiger partial charge in [0.25, 0.3) is 0 Å². The van der Waals surface area contributed by atoms with Crippen LogP contribution in [0.25, 0.3) is 11.2 Å². The fraction of sp³-hybridized carbons (Fsp3) is 0.381. The molecule has 0 spiro atoms. The maximum atomic E-state index is 13.2. The number of halogens is 3. The van der Waals surface area contributed by atoms with Crippen LogP contribution in [0.15, 0.2) is 30.3 Å². The maximum absolute atomic E-state index is 13.2. The monoisotopic (exact) mass is 479 g/mol. The molecule has 1 atom stereocenters. The van der Waals surface area contributed by atoms with E-state index in [0.717, 1.165) is 11.1 Å². The number of nitrogens with zero attached hydrogens (tertiary/aromatic N) is 4. The Morgan fingerprint density at radius 1 is 1.16 bits per heavy atom. The topological polar surface area (TPSA) is 85.4 Å². The molecule has 2 N–H and O–H groups in total. The first-order chi connectivity index (χ1) is 14.8. The van der Waals surface area contributed by atoms with Crippen LogP contribution in [-0.2, 0) is 13.0 Å². The molecule has 5 rings (SSSR count). The smallest absolute Gasteiger partial charge is 0.320 e. The molecule has 1 aromatic carbocycles. The molecule has 1 aliphatic heterocycles. The zero-order valence-corrected chi connectivity index (χ0v) is 18.8. The second-order valence-corrected chi connectivity index (χ2v) is 9.53. The van der Waals surface area contributed by atoms with Crippen LogP contribution in [0.5, 0.6) is 0 Å². The highest BCUT2D eigenvalue weighted by atomic mass is 35.5. The number of aromatic nitrogens is 3. The summed E-state index contributed by atoms with van der Waals surface area (Å²) >= 11 is 18.3. The molecule has 2 aromatic heterocycles. The number of aromatic amines is 1. The summed E-state index contributed by atoms with van der Waals surface area (Å²) in [5, 5.41) is 12.0. The van der Waals surface area contributed by atoms with E-state index in [1.165, 1.54) is 0 Å². The van der Waals surface area contributed by atoms with Crippen molar-refractivity contribution in [3.8, 4) is 0 Å². The summed E-state index contributed by atoms with van der Waals surface area (Å²) in [4.78, 5) is 28.6. The van der Waals surface area contributed by atoms with E-state index in [-0.39, 0.29) is 12.1 Å². The molecule has 1 unspecified atom stereocenters. The number of imidazole rings is 1. The van der Waals surface area contributed by atoms with E-state index in [1.54, 1.807) is 28.0 Å². The van der Waals surface area contributed by atoms with Gasteiger partial charge in [-0.15, -0.1) is 0 Å². The van der Waals surface area contributed by atoms with Crippen LogP contribution < -0.4 is 0 Å². The summed E-state index contributed by atoms with van der Waals surface area (Å²) in [5.41, 5.74) is 1.41. The first kappa shape index (κ1) is 20.8. The number of fused-ring (bicyclic) bond motifs is 1. The lowest BCUT2D eigenvalue weighted by Gasteiger charge is -2.26. The molecule has 0 bridgehead atoms. The summed E-state index contributed by atoms with van der Waals surface area (Å²) in [5.74, 6) is 0.633. The van der Waals surface area contributed by atoms with Crippen molar-refractivity contribution in [3.63, 3.8) is 0 Å². The summed E-state index contributed by atoms with van der Waals surface area (Å²) < 4.78 is 0. The SMILES string of the molecule is O=C1N(Cc2nc3nc(Cl)ccc3[nH]2)CC(Cc2ccc(Cl)cc2Cl)N1CC1(O)CC1. The predicted octanol–water partition coefficient (Wildman–Crippen LogP) is 4.29. The van der Waals surface area contributed by atoms with Crippen LogP contribution in [0.4, 0.5) is 4.79 Å². The molecular formula is C21H20Cl3N5O2. The highest BCUT2D eigenvalue weighted by Crippen LogP contribution is 2.38. The van der Waals surface area contributed by atoms with E-state index in [1.807, 2.05) is 12.1 Å². The number of H-pyrrole nitrogens is 1. The van der Waals surface area contributed by atoms with Crippen molar-refractivity contribution in [3.05, 3.63) is 56.9 Å². The third kappa shape index (κ3) is 4.32. The second kappa shape index (κ2) is 7.81. The van der Waals surface area contributed by atoms with Gasteiger partial charge in [0.15, 0.2) is 5.65 Å². The van der Waals surface area contributed by atoms with E-state index in [9.17, 15) is 9.90 Å². The fourth-order valence-electron chi connectivity index (χ4n) is 4.01. The Morgan fingerprint density at radius 3 is 2.71 bits per heavy atom. The number of amides is 2. The number of carbonyl (C=O) groups excluding carboxylic acids is 1. The summed E-state index contributed by atoms with van der Waals surface area (Å²) in [6.07, 6.45) is 1.99. The largest absolute Gasteiger partial charge is 0.388 e. The Balaban J connectivity index is 1.38.